The number of nitrogens with one attached hydrogen (secondary N) is 1. The van der Waals surface area contributed by atoms with Gasteiger partial charge in [0.1, 0.15) is 4.60 Å². The third-order valence-corrected chi connectivity index (χ3v) is 4.01. The number of carbonyl (C=O) groups excluding carboxylic acids is 1. The zero-order chi connectivity index (χ0) is 14.6. The first-order valence-corrected chi connectivity index (χ1v) is 7.51. The number of pyridine rings is 1. The molecular formula is C14H20BrN3O2. The molecule has 1 aliphatic rings. The summed E-state index contributed by atoms with van der Waals surface area (Å²) in [4.78, 5) is 18.5. The first kappa shape index (κ1) is 15.4. The van der Waals surface area contributed by atoms with Crippen molar-refractivity contribution in [3.05, 3.63) is 28.5 Å². The number of hydrogen-bond donors (Lipinski definition) is 1. The molecule has 1 N–H and O–H groups in total. The predicted octanol–water partition coefficient (Wildman–Crippen LogP) is 1.68. The topological polar surface area (TPSA) is 54.5 Å². The van der Waals surface area contributed by atoms with Crippen molar-refractivity contribution in [2.45, 2.75) is 19.4 Å². The van der Waals surface area contributed by atoms with E-state index in [1.807, 2.05) is 0 Å². The van der Waals surface area contributed by atoms with Crippen LogP contribution in [0.3, 0.4) is 0 Å². The Bertz CT molecular complexity index is 456. The Balaban J connectivity index is 1.90. The lowest BCUT2D eigenvalue weighted by molar-refractivity contribution is -0.00923. The molecule has 20 heavy (non-hydrogen) atoms. The minimum Gasteiger partial charge on any atom is -0.379 e. The fraction of sp³-hybridized carbons (Fsp3) is 0.571. The average Bonchev–Trinajstić information content (AvgIpc) is 2.46. The largest absolute Gasteiger partial charge is 0.379 e. The van der Waals surface area contributed by atoms with Crippen LogP contribution in [0.15, 0.2) is 22.9 Å². The summed E-state index contributed by atoms with van der Waals surface area (Å²) in [6, 6.07) is 3.52. The highest BCUT2D eigenvalue weighted by atomic mass is 79.9. The van der Waals surface area contributed by atoms with E-state index in [2.05, 4.69) is 45.0 Å². The lowest BCUT2D eigenvalue weighted by Crippen LogP contribution is -2.55. The smallest absolute Gasteiger partial charge is 0.252 e. The van der Waals surface area contributed by atoms with E-state index in [-0.39, 0.29) is 11.4 Å². The van der Waals surface area contributed by atoms with Crippen molar-refractivity contribution in [2.24, 2.45) is 0 Å². The minimum atomic E-state index is -0.0914. The van der Waals surface area contributed by atoms with Crippen LogP contribution in [0.4, 0.5) is 0 Å². The molecular weight excluding hydrogens is 322 g/mol. The number of carbonyl (C=O) groups is 1. The molecule has 2 rings (SSSR count). The molecule has 0 atom stereocenters. The molecule has 0 saturated carbocycles. The van der Waals surface area contributed by atoms with Gasteiger partial charge in [-0.15, -0.1) is 0 Å². The fourth-order valence-electron chi connectivity index (χ4n) is 2.19. The summed E-state index contributed by atoms with van der Waals surface area (Å²) in [6.07, 6.45) is 1.57. The van der Waals surface area contributed by atoms with Crippen molar-refractivity contribution in [3.63, 3.8) is 0 Å². The highest BCUT2D eigenvalue weighted by molar-refractivity contribution is 9.10. The maximum absolute atomic E-state index is 12.1. The summed E-state index contributed by atoms with van der Waals surface area (Å²) in [7, 11) is 0. The summed E-state index contributed by atoms with van der Waals surface area (Å²) in [6.45, 7) is 8.20. The van der Waals surface area contributed by atoms with E-state index in [4.69, 9.17) is 4.74 Å². The number of aromatic nitrogens is 1. The Morgan fingerprint density at radius 2 is 2.15 bits per heavy atom. The third-order valence-electron chi connectivity index (χ3n) is 3.54. The van der Waals surface area contributed by atoms with Gasteiger partial charge in [-0.25, -0.2) is 4.98 Å². The number of halogens is 1. The molecule has 1 amide bonds. The summed E-state index contributed by atoms with van der Waals surface area (Å²) in [5.41, 5.74) is 0.494. The van der Waals surface area contributed by atoms with Crippen molar-refractivity contribution in [2.75, 3.05) is 32.8 Å². The zero-order valence-corrected chi connectivity index (χ0v) is 13.4. The van der Waals surface area contributed by atoms with Gasteiger partial charge in [0, 0.05) is 31.4 Å². The predicted molar refractivity (Wildman–Crippen MR) is 80.7 cm³/mol. The number of amides is 1. The van der Waals surface area contributed by atoms with Gasteiger partial charge < -0.3 is 10.1 Å². The Morgan fingerprint density at radius 3 is 2.75 bits per heavy atom. The van der Waals surface area contributed by atoms with Crippen molar-refractivity contribution in [1.82, 2.24) is 15.2 Å². The normalized spacial score (nSPS) is 16.9. The van der Waals surface area contributed by atoms with Gasteiger partial charge in [0.05, 0.1) is 18.8 Å². The second-order valence-electron chi connectivity index (χ2n) is 5.46. The van der Waals surface area contributed by atoms with Crippen LogP contribution in [-0.2, 0) is 4.74 Å². The molecule has 0 radical (unpaired) electrons. The molecule has 110 valence electrons. The van der Waals surface area contributed by atoms with Crippen LogP contribution in [0.5, 0.6) is 0 Å². The van der Waals surface area contributed by atoms with Crippen LogP contribution in [0, 0.1) is 0 Å². The highest BCUT2D eigenvalue weighted by Gasteiger charge is 2.28. The van der Waals surface area contributed by atoms with E-state index < -0.39 is 0 Å². The molecule has 1 aliphatic heterocycles. The minimum absolute atomic E-state index is 0.0811. The SMILES string of the molecule is CC(C)(CNC(=O)c1ccc(Br)nc1)N1CCOCC1. The summed E-state index contributed by atoms with van der Waals surface area (Å²) >= 11 is 3.26. The van der Waals surface area contributed by atoms with Gasteiger partial charge in [-0.3, -0.25) is 9.69 Å². The molecule has 0 unspecified atom stereocenters. The van der Waals surface area contributed by atoms with Crippen LogP contribution in [0.2, 0.25) is 0 Å². The van der Waals surface area contributed by atoms with Crippen LogP contribution in [0.25, 0.3) is 0 Å². The fourth-order valence-corrected chi connectivity index (χ4v) is 2.42. The van der Waals surface area contributed by atoms with Crippen molar-refractivity contribution >= 4 is 21.8 Å². The maximum atomic E-state index is 12.1. The quantitative estimate of drug-likeness (QED) is 0.846. The summed E-state index contributed by atoms with van der Waals surface area (Å²) in [5, 5.41) is 2.98. The Labute approximate surface area is 127 Å². The molecule has 5 nitrogen and oxygen atoms in total. The molecule has 0 spiro atoms. The molecule has 1 fully saturated rings. The Morgan fingerprint density at radius 1 is 1.45 bits per heavy atom. The van der Waals surface area contributed by atoms with Gasteiger partial charge >= 0.3 is 0 Å². The van der Waals surface area contributed by atoms with Gasteiger partial charge in [-0.05, 0) is 41.9 Å². The molecule has 0 aromatic carbocycles. The van der Waals surface area contributed by atoms with Crippen LogP contribution in [-0.4, -0.2) is 54.2 Å². The van der Waals surface area contributed by atoms with E-state index in [1.165, 1.54) is 0 Å². The summed E-state index contributed by atoms with van der Waals surface area (Å²) in [5.74, 6) is -0.0914. The van der Waals surface area contributed by atoms with Crippen LogP contribution >= 0.6 is 15.9 Å². The third kappa shape index (κ3) is 4.01. The van der Waals surface area contributed by atoms with Crippen LogP contribution < -0.4 is 5.32 Å². The Kier molecular flexibility index (Phi) is 5.12. The van der Waals surface area contributed by atoms with E-state index in [9.17, 15) is 4.79 Å². The van der Waals surface area contributed by atoms with Gasteiger partial charge in [0.2, 0.25) is 0 Å². The molecule has 6 heteroatoms. The number of morpholine rings is 1. The number of hydrogen-bond acceptors (Lipinski definition) is 4. The van der Waals surface area contributed by atoms with E-state index in [0.29, 0.717) is 12.1 Å². The van der Waals surface area contributed by atoms with Crippen molar-refractivity contribution in [3.8, 4) is 0 Å². The second kappa shape index (κ2) is 6.65. The standard InChI is InChI=1S/C14H20BrN3O2/c1-14(2,18-5-7-20-8-6-18)10-17-13(19)11-3-4-12(15)16-9-11/h3-4,9H,5-8,10H2,1-2H3,(H,17,19). The number of rotatable bonds is 4. The molecule has 2 heterocycles. The molecule has 0 bridgehead atoms. The lowest BCUT2D eigenvalue weighted by atomic mass is 10.0. The zero-order valence-electron chi connectivity index (χ0n) is 11.9. The molecule has 1 saturated heterocycles. The van der Waals surface area contributed by atoms with E-state index in [0.717, 1.165) is 30.9 Å². The monoisotopic (exact) mass is 341 g/mol. The van der Waals surface area contributed by atoms with E-state index in [1.54, 1.807) is 18.3 Å². The number of nitrogens with zero attached hydrogens (tertiary/aromatic N) is 2. The van der Waals surface area contributed by atoms with Gasteiger partial charge in [-0.1, -0.05) is 0 Å². The van der Waals surface area contributed by atoms with Gasteiger partial charge in [-0.2, -0.15) is 0 Å². The number of ether oxygens (including phenoxy) is 1. The first-order chi connectivity index (χ1) is 9.49. The molecule has 0 aliphatic carbocycles. The van der Waals surface area contributed by atoms with Crippen molar-refractivity contribution < 1.29 is 9.53 Å². The Hall–Kier alpha value is -0.980. The summed E-state index contributed by atoms with van der Waals surface area (Å²) < 4.78 is 6.08. The lowest BCUT2D eigenvalue weighted by Gasteiger charge is -2.40. The van der Waals surface area contributed by atoms with Gasteiger partial charge in [0.25, 0.3) is 5.91 Å². The molecule has 1 aromatic heterocycles. The van der Waals surface area contributed by atoms with E-state index >= 15 is 0 Å². The average molecular weight is 342 g/mol. The first-order valence-electron chi connectivity index (χ1n) is 6.71. The second-order valence-corrected chi connectivity index (χ2v) is 6.28. The van der Waals surface area contributed by atoms with Gasteiger partial charge in [0.15, 0.2) is 0 Å². The highest BCUT2D eigenvalue weighted by Crippen LogP contribution is 2.15. The van der Waals surface area contributed by atoms with Crippen LogP contribution in [0.1, 0.15) is 24.2 Å². The molecule has 1 aromatic rings. The van der Waals surface area contributed by atoms with Crippen molar-refractivity contribution in [1.29, 1.82) is 0 Å². The maximum Gasteiger partial charge on any atom is 0.252 e.